The molecule has 8 nitrogen and oxygen atoms in total. The van der Waals surface area contributed by atoms with E-state index in [0.717, 1.165) is 27.4 Å². The summed E-state index contributed by atoms with van der Waals surface area (Å²) in [6.45, 7) is 1.24. The lowest BCUT2D eigenvalue weighted by molar-refractivity contribution is -0.375. The van der Waals surface area contributed by atoms with Crippen LogP contribution in [-0.2, 0) is 4.79 Å². The van der Waals surface area contributed by atoms with Crippen molar-refractivity contribution in [3.63, 3.8) is 0 Å². The third-order valence-corrected chi connectivity index (χ3v) is 5.52. The van der Waals surface area contributed by atoms with E-state index in [1.165, 1.54) is 6.07 Å². The van der Waals surface area contributed by atoms with Crippen LogP contribution in [0.4, 0.5) is 0 Å². The molecule has 5 rings (SSSR count). The Labute approximate surface area is 198 Å². The number of aryl methyl sites for hydroxylation is 1. The Morgan fingerprint density at radius 1 is 1.15 bits per heavy atom. The van der Waals surface area contributed by atoms with Crippen LogP contribution in [0.1, 0.15) is 15.9 Å². The number of hydrogen-bond acceptors (Lipinski definition) is 5. The lowest BCUT2D eigenvalue weighted by atomic mass is 10.0. The molecule has 170 valence electrons. The van der Waals surface area contributed by atoms with Gasteiger partial charge in [0.05, 0.1) is 27.2 Å². The fourth-order valence-corrected chi connectivity index (χ4v) is 3.92. The maximum atomic E-state index is 11.4. The topological polar surface area (TPSA) is 129 Å². The SMILES string of the molecule is Cc1ccc(Oc2nc3cc(-c4c[nH+]cc5ccccc45)c(Cl)cc3[nH]2)cc1C(=O)O.O=C[O-]. The van der Waals surface area contributed by atoms with Gasteiger partial charge in [-0.2, -0.15) is 4.98 Å². The molecule has 0 saturated carbocycles. The number of H-pyrrole nitrogens is 2. The zero-order valence-electron chi connectivity index (χ0n) is 17.8. The highest BCUT2D eigenvalue weighted by Crippen LogP contribution is 2.35. The molecule has 3 aromatic carbocycles. The summed E-state index contributed by atoms with van der Waals surface area (Å²) >= 11 is 6.61. The molecule has 0 atom stereocenters. The van der Waals surface area contributed by atoms with E-state index in [-0.39, 0.29) is 11.6 Å². The zero-order valence-corrected chi connectivity index (χ0v) is 18.6. The molecule has 0 unspecified atom stereocenters. The summed E-state index contributed by atoms with van der Waals surface area (Å²) in [4.78, 5) is 30.4. The second kappa shape index (κ2) is 9.60. The molecule has 0 bridgehead atoms. The molecule has 0 amide bonds. The predicted molar refractivity (Wildman–Crippen MR) is 125 cm³/mol. The first-order valence-corrected chi connectivity index (χ1v) is 10.4. The van der Waals surface area contributed by atoms with Crippen molar-refractivity contribution in [3.05, 3.63) is 83.1 Å². The van der Waals surface area contributed by atoms with E-state index < -0.39 is 12.4 Å². The number of nitrogens with one attached hydrogen (secondary N) is 2. The molecule has 0 spiro atoms. The molecule has 34 heavy (non-hydrogen) atoms. The van der Waals surface area contributed by atoms with Gasteiger partial charge in [-0.1, -0.05) is 35.9 Å². The number of pyridine rings is 1. The number of carbonyl (C=O) groups excluding carboxylic acids is 1. The number of aromatic nitrogens is 3. The van der Waals surface area contributed by atoms with Crippen molar-refractivity contribution in [3.8, 4) is 22.9 Å². The molecule has 0 aliphatic carbocycles. The average molecular weight is 476 g/mol. The van der Waals surface area contributed by atoms with Crippen LogP contribution in [-0.4, -0.2) is 27.5 Å². The van der Waals surface area contributed by atoms with Crippen molar-refractivity contribution >= 4 is 45.8 Å². The second-order valence-corrected chi connectivity index (χ2v) is 7.73. The summed E-state index contributed by atoms with van der Waals surface area (Å²) < 4.78 is 5.79. The number of fused-ring (bicyclic) bond motifs is 2. The Kier molecular flexibility index (Phi) is 6.42. The van der Waals surface area contributed by atoms with Crippen molar-refractivity contribution in [2.45, 2.75) is 6.92 Å². The Hall–Kier alpha value is -4.43. The zero-order chi connectivity index (χ0) is 24.2. The van der Waals surface area contributed by atoms with Gasteiger partial charge in [0.25, 0.3) is 6.01 Å². The van der Waals surface area contributed by atoms with Gasteiger partial charge < -0.3 is 24.7 Å². The van der Waals surface area contributed by atoms with Crippen molar-refractivity contribution in [2.75, 3.05) is 0 Å². The number of aromatic carboxylic acids is 1. The van der Waals surface area contributed by atoms with Crippen LogP contribution in [0.3, 0.4) is 0 Å². The molecule has 9 heteroatoms. The second-order valence-electron chi connectivity index (χ2n) is 7.33. The van der Waals surface area contributed by atoms with Gasteiger partial charge >= 0.3 is 5.97 Å². The van der Waals surface area contributed by atoms with Gasteiger partial charge in [0.15, 0.2) is 12.4 Å². The Bertz CT molecular complexity index is 1530. The highest BCUT2D eigenvalue weighted by atomic mass is 35.5. The number of halogens is 1. The Morgan fingerprint density at radius 2 is 1.91 bits per heavy atom. The van der Waals surface area contributed by atoms with E-state index in [4.69, 9.17) is 26.2 Å². The number of benzene rings is 3. The number of hydrogen-bond donors (Lipinski definition) is 2. The highest BCUT2D eigenvalue weighted by Gasteiger charge is 2.15. The van der Waals surface area contributed by atoms with Crippen LogP contribution >= 0.6 is 11.6 Å². The Morgan fingerprint density at radius 3 is 2.68 bits per heavy atom. The molecule has 0 aliphatic heterocycles. The van der Waals surface area contributed by atoms with E-state index in [9.17, 15) is 9.90 Å². The third kappa shape index (κ3) is 4.53. The molecule has 0 saturated heterocycles. The number of ether oxygens (including phenoxy) is 1. The maximum absolute atomic E-state index is 11.4. The molecular formula is C25H18ClN3O5. The molecular weight excluding hydrogens is 458 g/mol. The third-order valence-electron chi connectivity index (χ3n) is 5.21. The number of aromatic amines is 2. The highest BCUT2D eigenvalue weighted by molar-refractivity contribution is 6.34. The van der Waals surface area contributed by atoms with Crippen LogP contribution in [0.5, 0.6) is 11.8 Å². The number of carboxylic acid groups (broad SMARTS) is 2. The van der Waals surface area contributed by atoms with E-state index in [2.05, 4.69) is 21.0 Å². The number of imidazole rings is 1. The summed E-state index contributed by atoms with van der Waals surface area (Å²) in [6, 6.07) is 16.9. The van der Waals surface area contributed by atoms with Gasteiger partial charge in [-0.15, -0.1) is 0 Å². The van der Waals surface area contributed by atoms with Crippen molar-refractivity contribution < 1.29 is 29.5 Å². The van der Waals surface area contributed by atoms with E-state index in [1.54, 1.807) is 19.1 Å². The van der Waals surface area contributed by atoms with Gasteiger partial charge in [-0.25, -0.2) is 9.78 Å². The fraction of sp³-hybridized carbons (Fsp3) is 0.0400. The van der Waals surface area contributed by atoms with Crippen LogP contribution < -0.4 is 14.8 Å². The van der Waals surface area contributed by atoms with E-state index in [0.29, 0.717) is 21.9 Å². The summed E-state index contributed by atoms with van der Waals surface area (Å²) in [5, 5.41) is 20.3. The standard InChI is InChI=1S/C24H16ClN3O3.CH2O2/c1-13-6-7-15(8-17(13)23(29)30)31-24-27-21-9-18(20(25)10-22(21)28-24)19-12-26-11-14-4-2-3-5-16(14)19;2-1-3/h2-12H,1H3,(H,27,28)(H,29,30);1H,(H,2,3). The summed E-state index contributed by atoms with van der Waals surface area (Å²) in [5.74, 6) is -0.618. The fourth-order valence-electron chi connectivity index (χ4n) is 3.65. The van der Waals surface area contributed by atoms with Gasteiger partial charge in [0.2, 0.25) is 0 Å². The first-order valence-electron chi connectivity index (χ1n) is 10.1. The first-order chi connectivity index (χ1) is 16.4. The normalized spacial score (nSPS) is 10.5. The van der Waals surface area contributed by atoms with Gasteiger partial charge in [-0.3, -0.25) is 0 Å². The molecule has 5 aromatic rings. The maximum Gasteiger partial charge on any atom is 0.336 e. The van der Waals surface area contributed by atoms with Crippen molar-refractivity contribution in [1.82, 2.24) is 9.97 Å². The number of carboxylic acids is 1. The van der Waals surface area contributed by atoms with Crippen LogP contribution in [0.15, 0.2) is 67.0 Å². The van der Waals surface area contributed by atoms with Crippen LogP contribution in [0.25, 0.3) is 32.9 Å². The van der Waals surface area contributed by atoms with Gasteiger partial charge in [-0.05, 0) is 42.8 Å². The minimum atomic E-state index is -1.00. The molecule has 0 radical (unpaired) electrons. The van der Waals surface area contributed by atoms with Gasteiger partial charge in [0.1, 0.15) is 5.75 Å². The average Bonchev–Trinajstić information content (AvgIpc) is 3.20. The smallest absolute Gasteiger partial charge is 0.336 e. The number of nitrogens with zero attached hydrogens (tertiary/aromatic N) is 1. The van der Waals surface area contributed by atoms with Crippen molar-refractivity contribution in [1.29, 1.82) is 0 Å². The summed E-state index contributed by atoms with van der Waals surface area (Å²) in [6.07, 6.45) is 3.86. The van der Waals surface area contributed by atoms with Crippen LogP contribution in [0, 0.1) is 6.92 Å². The quantitative estimate of drug-likeness (QED) is 0.378. The molecule has 0 fully saturated rings. The summed E-state index contributed by atoms with van der Waals surface area (Å²) in [7, 11) is 0. The number of rotatable bonds is 4. The van der Waals surface area contributed by atoms with Gasteiger partial charge in [0, 0.05) is 22.8 Å². The molecule has 2 heterocycles. The number of carbonyl (C=O) groups is 2. The minimum absolute atomic E-state index is 0.186. The monoisotopic (exact) mass is 475 g/mol. The predicted octanol–water partition coefficient (Wildman–Crippen LogP) is 4.02. The minimum Gasteiger partial charge on any atom is -0.554 e. The summed E-state index contributed by atoms with van der Waals surface area (Å²) in [5.41, 5.74) is 4.08. The molecule has 0 aliphatic rings. The molecule has 3 N–H and O–H groups in total. The van der Waals surface area contributed by atoms with E-state index >= 15 is 0 Å². The first kappa shape index (κ1) is 22.8. The largest absolute Gasteiger partial charge is 0.554 e. The van der Waals surface area contributed by atoms with E-state index in [1.807, 2.05) is 42.7 Å². The van der Waals surface area contributed by atoms with Crippen molar-refractivity contribution in [2.24, 2.45) is 0 Å². The Balaban J connectivity index is 0.000000868. The van der Waals surface area contributed by atoms with Crippen LogP contribution in [0.2, 0.25) is 5.02 Å². The lowest BCUT2D eigenvalue weighted by Gasteiger charge is -2.05. The lowest BCUT2D eigenvalue weighted by Crippen LogP contribution is -2.01. The molecule has 2 aromatic heterocycles.